The lowest BCUT2D eigenvalue weighted by molar-refractivity contribution is -0.132. The van der Waals surface area contributed by atoms with E-state index in [1.165, 1.54) is 11.3 Å². The highest BCUT2D eigenvalue weighted by atomic mass is 35.5. The van der Waals surface area contributed by atoms with Gasteiger partial charge in [-0.1, -0.05) is 6.07 Å². The first-order chi connectivity index (χ1) is 10.1. The second-order valence-electron chi connectivity index (χ2n) is 5.22. The maximum absolute atomic E-state index is 12.5. The van der Waals surface area contributed by atoms with Crippen LogP contribution in [0.25, 0.3) is 0 Å². The molecular weight excluding hydrogens is 324 g/mol. The van der Waals surface area contributed by atoms with E-state index in [0.717, 1.165) is 30.8 Å². The maximum atomic E-state index is 12.5. The Morgan fingerprint density at radius 3 is 2.91 bits per heavy atom. The van der Waals surface area contributed by atoms with Gasteiger partial charge < -0.3 is 21.3 Å². The number of likely N-dealkylation sites (N-methyl/N-ethyl adjacent to an activating group) is 1. The molecule has 2 heterocycles. The van der Waals surface area contributed by atoms with Crippen LogP contribution >= 0.6 is 23.7 Å². The molecule has 8 heteroatoms. The highest BCUT2D eigenvalue weighted by Gasteiger charge is 2.30. The van der Waals surface area contributed by atoms with Crippen LogP contribution in [-0.4, -0.2) is 43.0 Å². The number of amides is 3. The molecule has 1 aromatic heterocycles. The van der Waals surface area contributed by atoms with Crippen molar-refractivity contribution in [3.05, 3.63) is 22.4 Å². The van der Waals surface area contributed by atoms with Crippen LogP contribution in [0.1, 0.15) is 30.2 Å². The second kappa shape index (κ2) is 8.97. The van der Waals surface area contributed by atoms with Crippen LogP contribution in [0, 0.1) is 0 Å². The lowest BCUT2D eigenvalue weighted by Gasteiger charge is -2.26. The van der Waals surface area contributed by atoms with Crippen LogP contribution in [0.2, 0.25) is 0 Å². The van der Waals surface area contributed by atoms with E-state index in [2.05, 4.69) is 10.6 Å². The van der Waals surface area contributed by atoms with Crippen molar-refractivity contribution in [2.75, 3.05) is 20.1 Å². The van der Waals surface area contributed by atoms with Crippen LogP contribution in [0.3, 0.4) is 0 Å². The lowest BCUT2D eigenvalue weighted by Crippen LogP contribution is -2.43. The minimum Gasteiger partial charge on any atom is -0.352 e. The minimum absolute atomic E-state index is 0. The lowest BCUT2D eigenvalue weighted by atomic mass is 10.1. The van der Waals surface area contributed by atoms with E-state index < -0.39 is 6.03 Å². The number of thiophene rings is 1. The molecule has 3 amide bonds. The Kier molecular flexibility index (Phi) is 7.64. The molecule has 1 aliphatic heterocycles. The molecule has 1 aliphatic rings. The third-order valence-corrected chi connectivity index (χ3v) is 4.71. The number of nitrogens with two attached hydrogens (primary N) is 1. The molecule has 2 unspecified atom stereocenters. The van der Waals surface area contributed by atoms with Gasteiger partial charge in [0.25, 0.3) is 0 Å². The molecular formula is C14H23ClN4O2S. The Balaban J connectivity index is 0.00000242. The quantitative estimate of drug-likeness (QED) is 0.729. The molecule has 6 nitrogen and oxygen atoms in total. The summed E-state index contributed by atoms with van der Waals surface area (Å²) < 4.78 is 0. The molecule has 0 bridgehead atoms. The summed E-state index contributed by atoms with van der Waals surface area (Å²) >= 11 is 1.52. The monoisotopic (exact) mass is 346 g/mol. The third-order valence-electron chi connectivity index (χ3n) is 3.72. The average Bonchev–Trinajstić information content (AvgIpc) is 3.08. The molecule has 22 heavy (non-hydrogen) atoms. The molecule has 0 aromatic carbocycles. The molecule has 0 saturated carbocycles. The first kappa shape index (κ1) is 18.7. The van der Waals surface area contributed by atoms with E-state index in [-0.39, 0.29) is 36.8 Å². The molecule has 0 aliphatic carbocycles. The zero-order chi connectivity index (χ0) is 15.2. The number of rotatable bonds is 6. The van der Waals surface area contributed by atoms with Crippen molar-refractivity contribution in [3.8, 4) is 0 Å². The Morgan fingerprint density at radius 1 is 1.55 bits per heavy atom. The molecule has 2 rings (SSSR count). The first-order valence-electron chi connectivity index (χ1n) is 7.15. The number of urea groups is 1. The fourth-order valence-electron chi connectivity index (χ4n) is 2.79. The van der Waals surface area contributed by atoms with Crippen molar-refractivity contribution in [1.29, 1.82) is 0 Å². The SMILES string of the molecule is CNCC1CCCN1C(=O)CC(NC(N)=O)c1cccs1.Cl. The van der Waals surface area contributed by atoms with Gasteiger partial charge in [0.1, 0.15) is 0 Å². The molecule has 0 radical (unpaired) electrons. The Bertz CT molecular complexity index is 483. The molecule has 0 spiro atoms. The van der Waals surface area contributed by atoms with Crippen molar-refractivity contribution in [2.24, 2.45) is 5.73 Å². The van der Waals surface area contributed by atoms with Crippen LogP contribution in [-0.2, 0) is 4.79 Å². The van der Waals surface area contributed by atoms with Crippen LogP contribution in [0.15, 0.2) is 17.5 Å². The highest BCUT2D eigenvalue weighted by molar-refractivity contribution is 7.10. The van der Waals surface area contributed by atoms with Crippen molar-refractivity contribution in [1.82, 2.24) is 15.5 Å². The van der Waals surface area contributed by atoms with Crippen molar-refractivity contribution in [3.63, 3.8) is 0 Å². The maximum Gasteiger partial charge on any atom is 0.312 e. The van der Waals surface area contributed by atoms with Gasteiger partial charge >= 0.3 is 6.03 Å². The number of primary amides is 1. The zero-order valence-corrected chi connectivity index (χ0v) is 14.2. The first-order valence-corrected chi connectivity index (χ1v) is 8.03. The molecule has 2 atom stereocenters. The third kappa shape index (κ3) is 4.86. The topological polar surface area (TPSA) is 87.5 Å². The molecule has 1 aromatic rings. The number of nitrogens with zero attached hydrogens (tertiary/aromatic N) is 1. The summed E-state index contributed by atoms with van der Waals surface area (Å²) in [5, 5.41) is 7.72. The van der Waals surface area contributed by atoms with E-state index in [1.54, 1.807) is 0 Å². The Labute approximate surface area is 140 Å². The zero-order valence-electron chi connectivity index (χ0n) is 12.6. The number of carbonyl (C=O) groups is 2. The smallest absolute Gasteiger partial charge is 0.312 e. The van der Waals surface area contributed by atoms with Crippen LogP contribution < -0.4 is 16.4 Å². The van der Waals surface area contributed by atoms with Gasteiger partial charge in [-0.3, -0.25) is 4.79 Å². The van der Waals surface area contributed by atoms with Gasteiger partial charge in [-0.15, -0.1) is 23.7 Å². The molecule has 1 saturated heterocycles. The van der Waals surface area contributed by atoms with Crippen LogP contribution in [0.5, 0.6) is 0 Å². The minimum atomic E-state index is -0.602. The second-order valence-corrected chi connectivity index (χ2v) is 6.20. The largest absolute Gasteiger partial charge is 0.352 e. The predicted octanol–water partition coefficient (Wildman–Crippen LogP) is 1.48. The number of carbonyl (C=O) groups excluding carboxylic acids is 2. The van der Waals surface area contributed by atoms with Gasteiger partial charge in [0.15, 0.2) is 0 Å². The van der Waals surface area contributed by atoms with E-state index in [0.29, 0.717) is 0 Å². The Morgan fingerprint density at radius 2 is 2.32 bits per heavy atom. The summed E-state index contributed by atoms with van der Waals surface area (Å²) in [6, 6.07) is 3.12. The number of halogens is 1. The standard InChI is InChI=1S/C14H22N4O2S.ClH/c1-16-9-10-4-2-6-18(10)13(19)8-11(17-14(15)20)12-5-3-7-21-12;/h3,5,7,10-11,16H,2,4,6,8-9H2,1H3,(H3,15,17,20);1H. The van der Waals surface area contributed by atoms with Gasteiger partial charge in [-0.25, -0.2) is 4.79 Å². The fraction of sp³-hybridized carbons (Fsp3) is 0.571. The van der Waals surface area contributed by atoms with Crippen LogP contribution in [0.4, 0.5) is 4.79 Å². The summed E-state index contributed by atoms with van der Waals surface area (Å²) in [6.45, 7) is 1.59. The normalized spacial score (nSPS) is 18.6. The van der Waals surface area contributed by atoms with Gasteiger partial charge in [0.2, 0.25) is 5.91 Å². The van der Waals surface area contributed by atoms with E-state index in [4.69, 9.17) is 5.73 Å². The predicted molar refractivity (Wildman–Crippen MR) is 90.3 cm³/mol. The number of likely N-dealkylation sites (tertiary alicyclic amines) is 1. The average molecular weight is 347 g/mol. The van der Waals surface area contributed by atoms with Gasteiger partial charge in [0, 0.05) is 24.0 Å². The number of hydrogen-bond donors (Lipinski definition) is 3. The van der Waals surface area contributed by atoms with Gasteiger partial charge in [-0.05, 0) is 31.3 Å². The fourth-order valence-corrected chi connectivity index (χ4v) is 3.57. The van der Waals surface area contributed by atoms with Gasteiger partial charge in [-0.2, -0.15) is 0 Å². The summed E-state index contributed by atoms with van der Waals surface area (Å²) in [5.74, 6) is 0.0694. The van der Waals surface area contributed by atoms with E-state index >= 15 is 0 Å². The summed E-state index contributed by atoms with van der Waals surface area (Å²) in [7, 11) is 1.89. The van der Waals surface area contributed by atoms with Crippen molar-refractivity contribution < 1.29 is 9.59 Å². The number of nitrogens with one attached hydrogen (secondary N) is 2. The van der Waals surface area contributed by atoms with Crippen molar-refractivity contribution in [2.45, 2.75) is 31.3 Å². The summed E-state index contributed by atoms with van der Waals surface area (Å²) in [5.41, 5.74) is 5.22. The summed E-state index contributed by atoms with van der Waals surface area (Å²) in [4.78, 5) is 26.6. The number of hydrogen-bond acceptors (Lipinski definition) is 4. The summed E-state index contributed by atoms with van der Waals surface area (Å²) in [6.07, 6.45) is 2.31. The van der Waals surface area contributed by atoms with E-state index in [1.807, 2.05) is 29.5 Å². The molecule has 4 N–H and O–H groups in total. The van der Waals surface area contributed by atoms with Gasteiger partial charge in [0.05, 0.1) is 12.5 Å². The molecule has 124 valence electrons. The van der Waals surface area contributed by atoms with Crippen molar-refractivity contribution >= 4 is 35.7 Å². The Hall–Kier alpha value is -1.31. The van der Waals surface area contributed by atoms with E-state index in [9.17, 15) is 9.59 Å². The highest BCUT2D eigenvalue weighted by Crippen LogP contribution is 2.25. The molecule has 1 fully saturated rings.